The number of aryl methyl sites for hydroxylation is 5. The molecule has 2 nitrogen and oxygen atoms in total. The Bertz CT molecular complexity index is 779. The number of aliphatic hydroxyl groups is 1. The second-order valence-corrected chi connectivity index (χ2v) is 6.76. The van der Waals surface area contributed by atoms with Crippen LogP contribution in [-0.4, -0.2) is 10.9 Å². The van der Waals surface area contributed by atoms with Crippen molar-refractivity contribution in [2.45, 2.75) is 46.6 Å². The van der Waals surface area contributed by atoms with E-state index in [-0.39, 0.29) is 5.78 Å². The van der Waals surface area contributed by atoms with Gasteiger partial charge in [-0.2, -0.15) is 0 Å². The van der Waals surface area contributed by atoms with Crippen LogP contribution in [0.15, 0.2) is 24.3 Å². The van der Waals surface area contributed by atoms with Crippen LogP contribution >= 0.6 is 0 Å². The molecule has 0 saturated heterocycles. The lowest BCUT2D eigenvalue weighted by molar-refractivity contribution is 0.0349. The highest BCUT2D eigenvalue weighted by Gasteiger charge is 2.47. The van der Waals surface area contributed by atoms with Crippen molar-refractivity contribution in [3.8, 4) is 0 Å². The average molecular weight is 294 g/mol. The van der Waals surface area contributed by atoms with E-state index in [9.17, 15) is 9.90 Å². The molecule has 0 heterocycles. The Hall–Kier alpha value is -1.93. The van der Waals surface area contributed by atoms with Gasteiger partial charge in [-0.3, -0.25) is 4.79 Å². The quantitative estimate of drug-likeness (QED) is 0.867. The Balaban J connectivity index is 2.22. The van der Waals surface area contributed by atoms with E-state index in [2.05, 4.69) is 0 Å². The largest absolute Gasteiger partial charge is 0.377 e. The van der Waals surface area contributed by atoms with Crippen LogP contribution in [0.25, 0.3) is 0 Å². The Morgan fingerprint density at radius 3 is 1.95 bits per heavy atom. The topological polar surface area (TPSA) is 37.3 Å². The summed E-state index contributed by atoms with van der Waals surface area (Å²) in [5, 5.41) is 11.3. The number of benzene rings is 2. The van der Waals surface area contributed by atoms with Crippen molar-refractivity contribution in [1.82, 2.24) is 0 Å². The van der Waals surface area contributed by atoms with Crippen LogP contribution in [0.4, 0.5) is 0 Å². The third kappa shape index (κ3) is 2.02. The molecule has 2 aromatic rings. The second kappa shape index (κ2) is 4.79. The molecule has 2 heteroatoms. The number of Topliss-reactive ketones (excluding diaryl/α,β-unsaturated/α-hetero) is 1. The van der Waals surface area contributed by atoms with E-state index in [1.54, 1.807) is 0 Å². The summed E-state index contributed by atoms with van der Waals surface area (Å²) >= 11 is 0. The predicted molar refractivity (Wildman–Crippen MR) is 88.5 cm³/mol. The Kier molecular flexibility index (Phi) is 3.26. The zero-order valence-corrected chi connectivity index (χ0v) is 13.9. The zero-order valence-electron chi connectivity index (χ0n) is 13.9. The molecular weight excluding hydrogens is 272 g/mol. The highest BCUT2D eigenvalue weighted by atomic mass is 16.3. The monoisotopic (exact) mass is 294 g/mol. The van der Waals surface area contributed by atoms with Crippen LogP contribution in [0.2, 0.25) is 0 Å². The lowest BCUT2D eigenvalue weighted by Crippen LogP contribution is -2.34. The van der Waals surface area contributed by atoms with Crippen molar-refractivity contribution >= 4 is 5.78 Å². The van der Waals surface area contributed by atoms with E-state index in [4.69, 9.17) is 0 Å². The first-order valence-electron chi connectivity index (χ1n) is 7.69. The normalized spacial score (nSPS) is 20.4. The van der Waals surface area contributed by atoms with Gasteiger partial charge < -0.3 is 5.11 Å². The molecule has 114 valence electrons. The summed E-state index contributed by atoms with van der Waals surface area (Å²) in [6.45, 7) is 9.96. The molecule has 22 heavy (non-hydrogen) atoms. The van der Waals surface area contributed by atoms with Gasteiger partial charge in [-0.15, -0.1) is 0 Å². The molecule has 1 aliphatic carbocycles. The molecule has 3 rings (SSSR count). The summed E-state index contributed by atoms with van der Waals surface area (Å²) in [7, 11) is 0. The van der Waals surface area contributed by atoms with Crippen LogP contribution in [0.5, 0.6) is 0 Å². The molecule has 0 aliphatic heterocycles. The number of fused-ring (bicyclic) bond motifs is 1. The van der Waals surface area contributed by atoms with E-state index >= 15 is 0 Å². The van der Waals surface area contributed by atoms with Crippen molar-refractivity contribution in [2.75, 3.05) is 0 Å². The molecule has 1 aliphatic rings. The second-order valence-electron chi connectivity index (χ2n) is 6.76. The number of carbonyl (C=O) groups is 1. The Morgan fingerprint density at radius 1 is 0.864 bits per heavy atom. The van der Waals surface area contributed by atoms with E-state index in [0.717, 1.165) is 38.9 Å². The maximum absolute atomic E-state index is 13.0. The lowest BCUT2D eigenvalue weighted by Gasteiger charge is -2.26. The van der Waals surface area contributed by atoms with Gasteiger partial charge in [0.15, 0.2) is 11.4 Å². The standard InChI is InChI=1S/C20H22O2/c1-11-7-14(4)18(15(5)8-11)20(22)10-16-9-12(2)6-13(3)17(16)19(20)21/h6-9,22H,10H2,1-5H3. The van der Waals surface area contributed by atoms with Gasteiger partial charge in [0.05, 0.1) is 0 Å². The number of ketones is 1. The van der Waals surface area contributed by atoms with Crippen LogP contribution in [0.1, 0.15) is 49.3 Å². The minimum Gasteiger partial charge on any atom is -0.377 e. The van der Waals surface area contributed by atoms with Crippen LogP contribution in [-0.2, 0) is 12.0 Å². The van der Waals surface area contributed by atoms with Gasteiger partial charge in [0, 0.05) is 12.0 Å². The summed E-state index contributed by atoms with van der Waals surface area (Å²) in [5.74, 6) is -0.157. The van der Waals surface area contributed by atoms with Gasteiger partial charge in [-0.05, 0) is 62.4 Å². The average Bonchev–Trinajstić information content (AvgIpc) is 2.59. The van der Waals surface area contributed by atoms with Crippen LogP contribution in [0, 0.1) is 34.6 Å². The van der Waals surface area contributed by atoms with E-state index < -0.39 is 5.60 Å². The molecule has 0 spiro atoms. The fourth-order valence-corrected chi connectivity index (χ4v) is 4.12. The summed E-state index contributed by atoms with van der Waals surface area (Å²) in [5.41, 5.74) is 6.21. The SMILES string of the molecule is Cc1cc(C)c(C2(O)Cc3cc(C)cc(C)c3C2=O)c(C)c1. The lowest BCUT2D eigenvalue weighted by atomic mass is 9.83. The first-order valence-corrected chi connectivity index (χ1v) is 7.69. The van der Waals surface area contributed by atoms with Crippen molar-refractivity contribution in [3.63, 3.8) is 0 Å². The number of carbonyl (C=O) groups excluding carboxylic acids is 1. The highest BCUT2D eigenvalue weighted by molar-refractivity contribution is 6.08. The molecule has 1 unspecified atom stereocenters. The minimum atomic E-state index is -1.43. The number of hydrogen-bond acceptors (Lipinski definition) is 2. The molecule has 0 aromatic heterocycles. The van der Waals surface area contributed by atoms with Crippen molar-refractivity contribution < 1.29 is 9.90 Å². The fourth-order valence-electron chi connectivity index (χ4n) is 4.12. The zero-order chi connectivity index (χ0) is 16.2. The van der Waals surface area contributed by atoms with Gasteiger partial charge in [0.2, 0.25) is 0 Å². The van der Waals surface area contributed by atoms with Crippen molar-refractivity contribution in [3.05, 3.63) is 68.8 Å². The van der Waals surface area contributed by atoms with E-state index in [0.29, 0.717) is 12.0 Å². The minimum absolute atomic E-state index is 0.157. The van der Waals surface area contributed by atoms with Crippen LogP contribution in [0.3, 0.4) is 0 Å². The molecule has 0 amide bonds. The van der Waals surface area contributed by atoms with Gasteiger partial charge in [-0.25, -0.2) is 0 Å². The molecule has 0 bridgehead atoms. The maximum Gasteiger partial charge on any atom is 0.199 e. The summed E-state index contributed by atoms with van der Waals surface area (Å²) in [6.07, 6.45) is 0.369. The molecule has 1 atom stereocenters. The molecule has 0 saturated carbocycles. The molecule has 2 aromatic carbocycles. The Labute approximate surface area is 131 Å². The molecular formula is C20H22O2. The van der Waals surface area contributed by atoms with Crippen molar-refractivity contribution in [2.24, 2.45) is 0 Å². The number of rotatable bonds is 1. The van der Waals surface area contributed by atoms with Crippen LogP contribution < -0.4 is 0 Å². The molecule has 0 fully saturated rings. The third-order valence-corrected chi connectivity index (χ3v) is 4.70. The van der Waals surface area contributed by atoms with Gasteiger partial charge in [-0.1, -0.05) is 35.4 Å². The number of hydrogen-bond donors (Lipinski definition) is 1. The summed E-state index contributed by atoms with van der Waals surface area (Å²) in [6, 6.07) is 8.11. The first kappa shape index (κ1) is 15.0. The predicted octanol–water partition coefficient (Wildman–Crippen LogP) is 3.86. The third-order valence-electron chi connectivity index (χ3n) is 4.70. The summed E-state index contributed by atoms with van der Waals surface area (Å²) < 4.78 is 0. The first-order chi connectivity index (χ1) is 10.2. The molecule has 0 radical (unpaired) electrons. The summed E-state index contributed by atoms with van der Waals surface area (Å²) in [4.78, 5) is 13.0. The van der Waals surface area contributed by atoms with Crippen molar-refractivity contribution in [1.29, 1.82) is 0 Å². The fraction of sp³-hybridized carbons (Fsp3) is 0.350. The van der Waals surface area contributed by atoms with E-state index in [1.165, 1.54) is 0 Å². The van der Waals surface area contributed by atoms with Gasteiger partial charge in [0.1, 0.15) is 0 Å². The highest BCUT2D eigenvalue weighted by Crippen LogP contribution is 2.42. The maximum atomic E-state index is 13.0. The molecule has 1 N–H and O–H groups in total. The van der Waals surface area contributed by atoms with E-state index in [1.807, 2.05) is 58.9 Å². The smallest absolute Gasteiger partial charge is 0.199 e. The van der Waals surface area contributed by atoms with Gasteiger partial charge in [0.25, 0.3) is 0 Å². The Morgan fingerprint density at radius 2 is 1.36 bits per heavy atom. The van der Waals surface area contributed by atoms with Gasteiger partial charge >= 0.3 is 0 Å².